The van der Waals surface area contributed by atoms with Crippen LogP contribution in [0.3, 0.4) is 0 Å². The van der Waals surface area contributed by atoms with Crippen LogP contribution < -0.4 is 0 Å². The molecular weight excluding hydrogens is 380 g/mol. The quantitative estimate of drug-likeness (QED) is 0.366. The van der Waals surface area contributed by atoms with E-state index in [-0.39, 0.29) is 11.5 Å². The molecule has 0 bridgehead atoms. The summed E-state index contributed by atoms with van der Waals surface area (Å²) in [4.78, 5) is 1.17. The zero-order valence-electron chi connectivity index (χ0n) is 17.0. The van der Waals surface area contributed by atoms with E-state index in [1.807, 2.05) is 36.4 Å². The van der Waals surface area contributed by atoms with Gasteiger partial charge in [0.15, 0.2) is 6.29 Å². The topological polar surface area (TPSA) is 38.7 Å². The van der Waals surface area contributed by atoms with E-state index in [1.165, 1.54) is 11.3 Å². The second-order valence-electron chi connectivity index (χ2n) is 7.40. The van der Waals surface area contributed by atoms with Crippen LogP contribution in [0.15, 0.2) is 71.6 Å². The number of hydrogen-bond donors (Lipinski definition) is 1. The minimum Gasteiger partial charge on any atom is -0.392 e. The largest absolute Gasteiger partial charge is 0.392 e. The maximum atomic E-state index is 10.9. The van der Waals surface area contributed by atoms with Crippen molar-refractivity contribution in [1.82, 2.24) is 0 Å². The number of hydrogen-bond acceptors (Lipinski definition) is 4. The molecule has 3 atom stereocenters. The Morgan fingerprint density at radius 1 is 1.03 bits per heavy atom. The molecule has 2 aromatic carbocycles. The summed E-state index contributed by atoms with van der Waals surface area (Å²) < 4.78 is 11.4. The van der Waals surface area contributed by atoms with Crippen molar-refractivity contribution < 1.29 is 14.6 Å². The molecule has 1 heterocycles. The minimum absolute atomic E-state index is 0.0141. The van der Waals surface area contributed by atoms with Crippen LogP contribution in [0.2, 0.25) is 0 Å². The molecule has 0 radical (unpaired) electrons. The second-order valence-corrected chi connectivity index (χ2v) is 8.65. The van der Waals surface area contributed by atoms with Crippen LogP contribution in [-0.2, 0) is 9.47 Å². The third-order valence-corrected chi connectivity index (χ3v) is 6.30. The van der Waals surface area contributed by atoms with Crippen LogP contribution in [-0.4, -0.2) is 36.0 Å². The van der Waals surface area contributed by atoms with Gasteiger partial charge in [-0.3, -0.25) is 0 Å². The molecular formula is C25H32O3S. The number of thioether (sulfide) groups is 1. The number of ether oxygens (including phenoxy) is 2. The van der Waals surface area contributed by atoms with Gasteiger partial charge in [0, 0.05) is 18.1 Å². The van der Waals surface area contributed by atoms with Crippen molar-refractivity contribution in [3.8, 4) is 0 Å². The second kappa shape index (κ2) is 12.9. The van der Waals surface area contributed by atoms with Gasteiger partial charge in [0.1, 0.15) is 0 Å². The van der Waals surface area contributed by atoms with E-state index in [1.54, 1.807) is 11.8 Å². The maximum absolute atomic E-state index is 10.9. The highest BCUT2D eigenvalue weighted by atomic mass is 32.2. The Bertz CT molecular complexity index is 699. The predicted molar refractivity (Wildman–Crippen MR) is 121 cm³/mol. The molecule has 0 saturated carbocycles. The third-order valence-electron chi connectivity index (χ3n) is 5.01. The van der Waals surface area contributed by atoms with Crippen molar-refractivity contribution >= 4 is 17.8 Å². The molecule has 4 heteroatoms. The molecule has 1 N–H and O–H groups in total. The summed E-state index contributed by atoms with van der Waals surface area (Å²) in [6.07, 6.45) is 9.80. The van der Waals surface area contributed by atoms with Gasteiger partial charge in [-0.05, 0) is 56.2 Å². The molecule has 156 valence electrons. The molecule has 3 nitrogen and oxygen atoms in total. The SMILES string of the molecule is OC(CCCCOC1CCCCO1)C(C=Cc1ccccc1)Sc1ccccc1. The smallest absolute Gasteiger partial charge is 0.157 e. The molecule has 3 rings (SSSR count). The summed E-state index contributed by atoms with van der Waals surface area (Å²) in [5.41, 5.74) is 1.15. The fraction of sp³-hybridized carbons (Fsp3) is 0.440. The number of benzene rings is 2. The van der Waals surface area contributed by atoms with Crippen LogP contribution in [0.4, 0.5) is 0 Å². The summed E-state index contributed by atoms with van der Waals surface area (Å²) in [5, 5.41) is 10.9. The van der Waals surface area contributed by atoms with Crippen LogP contribution in [0, 0.1) is 0 Å². The van der Waals surface area contributed by atoms with Gasteiger partial charge in [-0.1, -0.05) is 60.7 Å². The van der Waals surface area contributed by atoms with Crippen LogP contribution in [0.5, 0.6) is 0 Å². The standard InChI is InChI=1S/C25H32O3S/c26-23(15-7-9-19-27-25-16-8-10-20-28-25)24(29-22-13-5-2-6-14-22)18-17-21-11-3-1-4-12-21/h1-6,11-14,17-18,23-26H,7-10,15-16,19-20H2. The van der Waals surface area contributed by atoms with E-state index in [2.05, 4.69) is 36.4 Å². The first-order valence-electron chi connectivity index (χ1n) is 10.7. The van der Waals surface area contributed by atoms with Crippen molar-refractivity contribution in [2.75, 3.05) is 13.2 Å². The number of aliphatic hydroxyl groups is 1. The average Bonchev–Trinajstić information content (AvgIpc) is 2.78. The molecule has 1 aliphatic rings. The van der Waals surface area contributed by atoms with Gasteiger partial charge in [-0.25, -0.2) is 0 Å². The van der Waals surface area contributed by atoms with Crippen molar-refractivity contribution in [3.63, 3.8) is 0 Å². The van der Waals surface area contributed by atoms with Crippen LogP contribution in [0.25, 0.3) is 6.08 Å². The van der Waals surface area contributed by atoms with E-state index < -0.39 is 6.10 Å². The van der Waals surface area contributed by atoms with Crippen molar-refractivity contribution in [3.05, 3.63) is 72.3 Å². The molecule has 0 amide bonds. The Balaban J connectivity index is 1.48. The van der Waals surface area contributed by atoms with E-state index in [0.29, 0.717) is 6.61 Å². The Morgan fingerprint density at radius 2 is 1.79 bits per heavy atom. The number of rotatable bonds is 11. The summed E-state index contributed by atoms with van der Waals surface area (Å²) >= 11 is 1.71. The highest BCUT2D eigenvalue weighted by Crippen LogP contribution is 2.28. The van der Waals surface area contributed by atoms with E-state index in [0.717, 1.165) is 44.3 Å². The zero-order valence-corrected chi connectivity index (χ0v) is 17.8. The maximum Gasteiger partial charge on any atom is 0.157 e. The van der Waals surface area contributed by atoms with Gasteiger partial charge in [-0.2, -0.15) is 0 Å². The lowest BCUT2D eigenvalue weighted by atomic mass is 10.1. The zero-order chi connectivity index (χ0) is 20.2. The van der Waals surface area contributed by atoms with Gasteiger partial charge < -0.3 is 14.6 Å². The highest BCUT2D eigenvalue weighted by Gasteiger charge is 2.18. The normalized spacial score (nSPS) is 19.3. The lowest BCUT2D eigenvalue weighted by Gasteiger charge is -2.23. The van der Waals surface area contributed by atoms with E-state index >= 15 is 0 Å². The van der Waals surface area contributed by atoms with Crippen molar-refractivity contribution in [2.45, 2.75) is 61.1 Å². The fourth-order valence-electron chi connectivity index (χ4n) is 3.35. The van der Waals surface area contributed by atoms with Gasteiger partial charge in [-0.15, -0.1) is 11.8 Å². The Kier molecular flexibility index (Phi) is 9.80. The van der Waals surface area contributed by atoms with Gasteiger partial charge in [0.05, 0.1) is 11.4 Å². The Morgan fingerprint density at radius 3 is 2.52 bits per heavy atom. The molecule has 0 aromatic heterocycles. The first kappa shape index (κ1) is 22.1. The highest BCUT2D eigenvalue weighted by molar-refractivity contribution is 8.00. The molecule has 1 aliphatic heterocycles. The van der Waals surface area contributed by atoms with Gasteiger partial charge >= 0.3 is 0 Å². The summed E-state index contributed by atoms with van der Waals surface area (Å²) in [6.45, 7) is 1.52. The monoisotopic (exact) mass is 412 g/mol. The number of unbranched alkanes of at least 4 members (excludes halogenated alkanes) is 1. The lowest BCUT2D eigenvalue weighted by molar-refractivity contribution is -0.162. The summed E-state index contributed by atoms with van der Waals surface area (Å²) in [7, 11) is 0. The van der Waals surface area contributed by atoms with Gasteiger partial charge in [0.25, 0.3) is 0 Å². The first-order valence-corrected chi connectivity index (χ1v) is 11.6. The molecule has 1 saturated heterocycles. The number of aliphatic hydroxyl groups excluding tert-OH is 1. The Hall–Kier alpha value is -1.59. The summed E-state index contributed by atoms with van der Waals surface area (Å²) in [6, 6.07) is 20.5. The van der Waals surface area contributed by atoms with Crippen LogP contribution in [0.1, 0.15) is 44.1 Å². The predicted octanol–water partition coefficient (Wildman–Crippen LogP) is 5.94. The molecule has 3 unspecified atom stereocenters. The van der Waals surface area contributed by atoms with Crippen molar-refractivity contribution in [2.24, 2.45) is 0 Å². The molecule has 0 aliphatic carbocycles. The van der Waals surface area contributed by atoms with E-state index in [4.69, 9.17) is 9.47 Å². The molecule has 29 heavy (non-hydrogen) atoms. The average molecular weight is 413 g/mol. The molecule has 0 spiro atoms. The third kappa shape index (κ3) is 8.35. The molecule has 1 fully saturated rings. The first-order chi connectivity index (χ1) is 14.3. The van der Waals surface area contributed by atoms with Gasteiger partial charge in [0.2, 0.25) is 0 Å². The minimum atomic E-state index is -0.397. The van der Waals surface area contributed by atoms with Crippen LogP contribution >= 0.6 is 11.8 Å². The summed E-state index contributed by atoms with van der Waals surface area (Å²) in [5.74, 6) is 0. The van der Waals surface area contributed by atoms with E-state index in [9.17, 15) is 5.11 Å². The molecule has 2 aromatic rings. The fourth-order valence-corrected chi connectivity index (χ4v) is 4.43. The lowest BCUT2D eigenvalue weighted by Crippen LogP contribution is -2.23. The Labute approximate surface area is 179 Å². The van der Waals surface area contributed by atoms with Crippen molar-refractivity contribution in [1.29, 1.82) is 0 Å².